The predicted molar refractivity (Wildman–Crippen MR) is 65.0 cm³/mol. The van der Waals surface area contributed by atoms with Gasteiger partial charge in [0.2, 0.25) is 0 Å². The molecule has 1 aromatic rings. The van der Waals surface area contributed by atoms with Crippen LogP contribution < -0.4 is 4.74 Å². The van der Waals surface area contributed by atoms with Crippen molar-refractivity contribution < 1.29 is 9.53 Å². The van der Waals surface area contributed by atoms with Crippen molar-refractivity contribution in [2.75, 3.05) is 14.1 Å². The topological polar surface area (TPSA) is 53.3 Å². The third-order valence-electron chi connectivity index (χ3n) is 2.15. The first-order chi connectivity index (χ1) is 7.95. The van der Waals surface area contributed by atoms with Crippen molar-refractivity contribution >= 4 is 17.5 Å². The molecule has 1 rings (SSSR count). The first kappa shape index (κ1) is 13.3. The van der Waals surface area contributed by atoms with Crippen LogP contribution in [-0.4, -0.2) is 31.0 Å². The van der Waals surface area contributed by atoms with Crippen LogP contribution in [0.3, 0.4) is 0 Å². The molecule has 0 saturated carbocycles. The lowest BCUT2D eigenvalue weighted by Gasteiger charge is -2.18. The summed E-state index contributed by atoms with van der Waals surface area (Å²) in [6.45, 7) is 1.65. The van der Waals surface area contributed by atoms with Gasteiger partial charge in [0.25, 0.3) is 5.91 Å². The van der Waals surface area contributed by atoms with Gasteiger partial charge in [0, 0.05) is 14.1 Å². The van der Waals surface area contributed by atoms with Crippen molar-refractivity contribution in [3.63, 3.8) is 0 Å². The summed E-state index contributed by atoms with van der Waals surface area (Å²) in [5, 5.41) is 9.01. The molecule has 0 N–H and O–H groups in total. The first-order valence-corrected chi connectivity index (χ1v) is 5.41. The lowest BCUT2D eigenvalue weighted by atomic mass is 10.2. The molecule has 4 nitrogen and oxygen atoms in total. The lowest BCUT2D eigenvalue weighted by molar-refractivity contribution is -0.135. The van der Waals surface area contributed by atoms with Gasteiger partial charge in [-0.15, -0.1) is 0 Å². The number of carbonyl (C=O) groups is 1. The first-order valence-electron chi connectivity index (χ1n) is 5.03. The molecule has 5 heteroatoms. The zero-order valence-electron chi connectivity index (χ0n) is 9.90. The summed E-state index contributed by atoms with van der Waals surface area (Å²) < 4.78 is 5.44. The van der Waals surface area contributed by atoms with Crippen LogP contribution >= 0.6 is 11.6 Å². The highest BCUT2D eigenvalue weighted by Crippen LogP contribution is 2.26. The number of ether oxygens (including phenoxy) is 1. The number of hydrogen-bond donors (Lipinski definition) is 0. The highest BCUT2D eigenvalue weighted by Gasteiger charge is 2.17. The summed E-state index contributed by atoms with van der Waals surface area (Å²) >= 11 is 5.94. The molecule has 0 saturated heterocycles. The fourth-order valence-corrected chi connectivity index (χ4v) is 1.50. The molecule has 0 aromatic heterocycles. The largest absolute Gasteiger partial charge is 0.479 e. The van der Waals surface area contributed by atoms with Crippen LogP contribution in [0.15, 0.2) is 18.2 Å². The molecule has 0 radical (unpaired) electrons. The number of halogens is 1. The quantitative estimate of drug-likeness (QED) is 0.828. The van der Waals surface area contributed by atoms with Gasteiger partial charge in [0.05, 0.1) is 16.7 Å². The summed E-state index contributed by atoms with van der Waals surface area (Å²) in [5.41, 5.74) is 0.453. The molecule has 0 bridgehead atoms. The third kappa shape index (κ3) is 3.36. The second-order valence-corrected chi connectivity index (χ2v) is 4.16. The van der Waals surface area contributed by atoms with Crippen LogP contribution in [0, 0.1) is 11.3 Å². The highest BCUT2D eigenvalue weighted by molar-refractivity contribution is 6.32. The molecular formula is C12H13ClN2O2. The van der Waals surface area contributed by atoms with E-state index in [0.29, 0.717) is 16.3 Å². The fourth-order valence-electron chi connectivity index (χ4n) is 1.27. The van der Waals surface area contributed by atoms with Gasteiger partial charge >= 0.3 is 0 Å². The maximum Gasteiger partial charge on any atom is 0.262 e. The Hall–Kier alpha value is -1.73. The molecule has 0 spiro atoms. The zero-order valence-corrected chi connectivity index (χ0v) is 10.7. The minimum absolute atomic E-state index is 0.148. The van der Waals surface area contributed by atoms with Crippen molar-refractivity contribution in [1.82, 2.24) is 4.90 Å². The standard InChI is InChI=1S/C12H13ClN2O2/c1-8(12(16)15(2)3)17-11-5-4-9(7-14)6-10(11)13/h4-6,8H,1-3H3/t8-/m1/s1. The Labute approximate surface area is 105 Å². The van der Waals surface area contributed by atoms with E-state index in [-0.39, 0.29) is 5.91 Å². The van der Waals surface area contributed by atoms with Gasteiger partial charge in [-0.1, -0.05) is 11.6 Å². The van der Waals surface area contributed by atoms with E-state index >= 15 is 0 Å². The van der Waals surface area contributed by atoms with E-state index < -0.39 is 6.10 Å². The van der Waals surface area contributed by atoms with Crippen molar-refractivity contribution in [3.8, 4) is 11.8 Å². The van der Waals surface area contributed by atoms with Crippen molar-refractivity contribution in [1.29, 1.82) is 5.26 Å². The van der Waals surface area contributed by atoms with Gasteiger partial charge in [-0.3, -0.25) is 4.79 Å². The SMILES string of the molecule is C[C@@H](Oc1ccc(C#N)cc1Cl)C(=O)N(C)C. The average Bonchev–Trinajstić information content (AvgIpc) is 2.30. The summed E-state index contributed by atoms with van der Waals surface area (Å²) in [5.74, 6) is 0.249. The number of likely N-dealkylation sites (N-methyl/N-ethyl adjacent to an activating group) is 1. The van der Waals surface area contributed by atoms with E-state index in [2.05, 4.69) is 0 Å². The molecule has 1 aromatic carbocycles. The number of nitrogens with zero attached hydrogens (tertiary/aromatic N) is 2. The molecule has 0 aliphatic carbocycles. The highest BCUT2D eigenvalue weighted by atomic mass is 35.5. The van der Waals surface area contributed by atoms with Crippen molar-refractivity contribution in [2.45, 2.75) is 13.0 Å². The lowest BCUT2D eigenvalue weighted by Crippen LogP contribution is -2.35. The van der Waals surface area contributed by atoms with Crippen molar-refractivity contribution in [3.05, 3.63) is 28.8 Å². The van der Waals surface area contributed by atoms with E-state index in [0.717, 1.165) is 0 Å². The van der Waals surface area contributed by atoms with E-state index in [1.165, 1.54) is 11.0 Å². The Balaban J connectivity index is 2.83. The van der Waals surface area contributed by atoms with E-state index in [1.807, 2.05) is 6.07 Å². The van der Waals surface area contributed by atoms with Crippen molar-refractivity contribution in [2.24, 2.45) is 0 Å². The molecule has 0 aliphatic heterocycles. The maximum absolute atomic E-state index is 11.6. The molecular weight excluding hydrogens is 240 g/mol. The van der Waals surface area contributed by atoms with Gasteiger partial charge in [-0.2, -0.15) is 5.26 Å². The Morgan fingerprint density at radius 2 is 2.18 bits per heavy atom. The maximum atomic E-state index is 11.6. The van der Waals surface area contributed by atoms with Crippen LogP contribution in [0.25, 0.3) is 0 Å². The molecule has 17 heavy (non-hydrogen) atoms. The van der Waals surface area contributed by atoms with Crippen LogP contribution in [0.2, 0.25) is 5.02 Å². The van der Waals surface area contributed by atoms with Gasteiger partial charge < -0.3 is 9.64 Å². The molecule has 90 valence electrons. The minimum Gasteiger partial charge on any atom is -0.479 e. The van der Waals surface area contributed by atoms with E-state index in [4.69, 9.17) is 21.6 Å². The van der Waals surface area contributed by atoms with E-state index in [9.17, 15) is 4.79 Å². The Bertz CT molecular complexity index is 466. The summed E-state index contributed by atoms with van der Waals surface area (Å²) in [6.07, 6.45) is -0.615. The number of rotatable bonds is 3. The predicted octanol–water partition coefficient (Wildman–Crippen LogP) is 2.07. The summed E-state index contributed by atoms with van der Waals surface area (Å²) in [6, 6.07) is 6.65. The second-order valence-electron chi connectivity index (χ2n) is 3.75. The Morgan fingerprint density at radius 3 is 2.65 bits per heavy atom. The minimum atomic E-state index is -0.615. The molecule has 1 atom stereocenters. The van der Waals surface area contributed by atoms with Crippen LogP contribution in [0.1, 0.15) is 12.5 Å². The fraction of sp³-hybridized carbons (Fsp3) is 0.333. The molecule has 0 heterocycles. The number of hydrogen-bond acceptors (Lipinski definition) is 3. The van der Waals surface area contributed by atoms with E-state index in [1.54, 1.807) is 33.2 Å². The number of carbonyl (C=O) groups excluding carboxylic acids is 1. The van der Waals surface area contributed by atoms with Crippen LogP contribution in [-0.2, 0) is 4.79 Å². The van der Waals surface area contributed by atoms with Gasteiger partial charge in [0.15, 0.2) is 6.10 Å². The van der Waals surface area contributed by atoms with Crippen LogP contribution in [0.4, 0.5) is 0 Å². The van der Waals surface area contributed by atoms with Gasteiger partial charge in [-0.05, 0) is 25.1 Å². The Kier molecular flexibility index (Phi) is 4.36. The zero-order chi connectivity index (χ0) is 13.0. The second kappa shape index (κ2) is 5.55. The summed E-state index contributed by atoms with van der Waals surface area (Å²) in [7, 11) is 3.31. The third-order valence-corrected chi connectivity index (χ3v) is 2.45. The molecule has 0 unspecified atom stereocenters. The number of benzene rings is 1. The average molecular weight is 253 g/mol. The van der Waals surface area contributed by atoms with Crippen LogP contribution in [0.5, 0.6) is 5.75 Å². The normalized spacial score (nSPS) is 11.5. The molecule has 0 aliphatic rings. The molecule has 1 amide bonds. The summed E-state index contributed by atoms with van der Waals surface area (Å²) in [4.78, 5) is 13.0. The van der Waals surface area contributed by atoms with Gasteiger partial charge in [0.1, 0.15) is 5.75 Å². The number of nitriles is 1. The smallest absolute Gasteiger partial charge is 0.262 e. The monoisotopic (exact) mass is 252 g/mol. The Morgan fingerprint density at radius 1 is 1.53 bits per heavy atom. The number of amides is 1. The molecule has 0 fully saturated rings. The van der Waals surface area contributed by atoms with Gasteiger partial charge in [-0.25, -0.2) is 0 Å².